The van der Waals surface area contributed by atoms with Gasteiger partial charge in [-0.25, -0.2) is 0 Å². The first kappa shape index (κ1) is 10.2. The van der Waals surface area contributed by atoms with Crippen molar-refractivity contribution in [3.63, 3.8) is 0 Å². The fourth-order valence-corrected chi connectivity index (χ4v) is 2.66. The van der Waals surface area contributed by atoms with E-state index in [1.807, 2.05) is 0 Å². The van der Waals surface area contributed by atoms with Crippen molar-refractivity contribution in [1.82, 2.24) is 0 Å². The van der Waals surface area contributed by atoms with Gasteiger partial charge in [0.05, 0.1) is 11.4 Å². The van der Waals surface area contributed by atoms with Crippen molar-refractivity contribution in [2.24, 2.45) is 0 Å². The molecule has 2 aromatic rings. The van der Waals surface area contributed by atoms with Crippen molar-refractivity contribution in [2.45, 2.75) is 6.17 Å². The molecule has 0 spiro atoms. The Labute approximate surface area is 102 Å². The molecule has 86 valence electrons. The SMILES string of the molecule is CN1c2ccccc2N(C)C1c1ccccc1. The smallest absolute Gasteiger partial charge is 0.128 e. The summed E-state index contributed by atoms with van der Waals surface area (Å²) in [5.41, 5.74) is 3.92. The van der Waals surface area contributed by atoms with Gasteiger partial charge in [0, 0.05) is 14.1 Å². The minimum Gasteiger partial charge on any atom is -0.349 e. The maximum absolute atomic E-state index is 2.32. The molecule has 1 aliphatic rings. The normalized spacial score (nSPS) is 15.2. The standard InChI is InChI=1S/C15H16N2/c1-16-13-10-6-7-11-14(13)17(2)15(16)12-8-4-3-5-9-12/h3-11,15H,1-2H3. The highest BCUT2D eigenvalue weighted by Crippen LogP contribution is 2.43. The van der Waals surface area contributed by atoms with Gasteiger partial charge in [-0.3, -0.25) is 0 Å². The molecule has 0 radical (unpaired) electrons. The first-order valence-corrected chi connectivity index (χ1v) is 5.88. The lowest BCUT2D eigenvalue weighted by Crippen LogP contribution is -2.30. The van der Waals surface area contributed by atoms with Crippen LogP contribution in [0.1, 0.15) is 11.7 Å². The lowest BCUT2D eigenvalue weighted by atomic mass is 10.1. The van der Waals surface area contributed by atoms with Crippen LogP contribution in [0.4, 0.5) is 11.4 Å². The van der Waals surface area contributed by atoms with Crippen LogP contribution in [0, 0.1) is 0 Å². The molecule has 0 atom stereocenters. The van der Waals surface area contributed by atoms with Crippen molar-refractivity contribution < 1.29 is 0 Å². The van der Waals surface area contributed by atoms with E-state index in [-0.39, 0.29) is 0 Å². The first-order valence-electron chi connectivity index (χ1n) is 5.88. The van der Waals surface area contributed by atoms with Crippen molar-refractivity contribution in [1.29, 1.82) is 0 Å². The van der Waals surface area contributed by atoms with Gasteiger partial charge >= 0.3 is 0 Å². The van der Waals surface area contributed by atoms with Crippen LogP contribution in [0.25, 0.3) is 0 Å². The number of anilines is 2. The van der Waals surface area contributed by atoms with Gasteiger partial charge in [-0.05, 0) is 17.7 Å². The molecule has 17 heavy (non-hydrogen) atoms. The fraction of sp³-hybridized carbons (Fsp3) is 0.200. The third-order valence-electron chi connectivity index (χ3n) is 3.47. The lowest BCUT2D eigenvalue weighted by molar-refractivity contribution is 0.694. The van der Waals surface area contributed by atoms with E-state index in [1.54, 1.807) is 0 Å². The topological polar surface area (TPSA) is 6.48 Å². The third kappa shape index (κ3) is 1.48. The summed E-state index contributed by atoms with van der Waals surface area (Å²) in [6, 6.07) is 19.2. The Morgan fingerprint density at radius 1 is 0.706 bits per heavy atom. The van der Waals surface area contributed by atoms with E-state index >= 15 is 0 Å². The maximum atomic E-state index is 2.32. The largest absolute Gasteiger partial charge is 0.349 e. The van der Waals surface area contributed by atoms with Crippen LogP contribution in [0.15, 0.2) is 54.6 Å². The Morgan fingerprint density at radius 3 is 1.71 bits per heavy atom. The van der Waals surface area contributed by atoms with Crippen LogP contribution in [0.2, 0.25) is 0 Å². The molecule has 3 rings (SSSR count). The molecule has 2 nitrogen and oxygen atoms in total. The minimum absolute atomic E-state index is 0.300. The number of rotatable bonds is 1. The minimum atomic E-state index is 0.300. The van der Waals surface area contributed by atoms with Crippen LogP contribution in [0.5, 0.6) is 0 Å². The molecule has 0 saturated heterocycles. The molecule has 0 aliphatic carbocycles. The van der Waals surface area contributed by atoms with Crippen molar-refractivity contribution >= 4 is 11.4 Å². The Kier molecular flexibility index (Phi) is 2.29. The molecular weight excluding hydrogens is 208 g/mol. The van der Waals surface area contributed by atoms with Gasteiger partial charge in [0.1, 0.15) is 6.17 Å². The van der Waals surface area contributed by atoms with Gasteiger partial charge in [0.15, 0.2) is 0 Å². The van der Waals surface area contributed by atoms with Gasteiger partial charge in [-0.1, -0.05) is 42.5 Å². The summed E-state index contributed by atoms with van der Waals surface area (Å²) < 4.78 is 0. The Balaban J connectivity index is 2.06. The second-order valence-corrected chi connectivity index (χ2v) is 4.49. The van der Waals surface area contributed by atoms with Gasteiger partial charge in [0.25, 0.3) is 0 Å². The molecule has 0 unspecified atom stereocenters. The van der Waals surface area contributed by atoms with E-state index in [4.69, 9.17) is 0 Å². The molecule has 0 bridgehead atoms. The Bertz CT molecular complexity index is 492. The van der Waals surface area contributed by atoms with E-state index < -0.39 is 0 Å². The summed E-state index contributed by atoms with van der Waals surface area (Å²) in [7, 11) is 4.31. The molecule has 0 fully saturated rings. The number of benzene rings is 2. The van der Waals surface area contributed by atoms with Crippen molar-refractivity contribution in [2.75, 3.05) is 23.9 Å². The molecule has 0 saturated carbocycles. The summed E-state index contributed by atoms with van der Waals surface area (Å²) in [6.45, 7) is 0. The van der Waals surface area contributed by atoms with Crippen molar-refractivity contribution in [3.8, 4) is 0 Å². The third-order valence-corrected chi connectivity index (χ3v) is 3.47. The fourth-order valence-electron chi connectivity index (χ4n) is 2.66. The molecule has 2 heteroatoms. The van der Waals surface area contributed by atoms with E-state index in [2.05, 4.69) is 78.5 Å². The van der Waals surface area contributed by atoms with Gasteiger partial charge in [0.2, 0.25) is 0 Å². The monoisotopic (exact) mass is 224 g/mol. The average Bonchev–Trinajstić information content (AvgIpc) is 2.64. The summed E-state index contributed by atoms with van der Waals surface area (Å²) in [5, 5.41) is 0. The summed E-state index contributed by atoms with van der Waals surface area (Å²) in [4.78, 5) is 4.65. The number of hydrogen-bond acceptors (Lipinski definition) is 2. The number of hydrogen-bond donors (Lipinski definition) is 0. The highest BCUT2D eigenvalue weighted by molar-refractivity contribution is 5.77. The molecule has 0 amide bonds. The van der Waals surface area contributed by atoms with Crippen LogP contribution in [-0.4, -0.2) is 14.1 Å². The quantitative estimate of drug-likeness (QED) is 0.733. The van der Waals surface area contributed by atoms with E-state index in [0.717, 1.165) is 0 Å². The van der Waals surface area contributed by atoms with Gasteiger partial charge in [-0.15, -0.1) is 0 Å². The van der Waals surface area contributed by atoms with Crippen LogP contribution < -0.4 is 9.80 Å². The molecule has 1 aliphatic heterocycles. The van der Waals surface area contributed by atoms with Gasteiger partial charge < -0.3 is 9.80 Å². The van der Waals surface area contributed by atoms with E-state index in [0.29, 0.717) is 6.17 Å². The summed E-state index contributed by atoms with van der Waals surface area (Å²) in [5.74, 6) is 0. The van der Waals surface area contributed by atoms with Crippen LogP contribution >= 0.6 is 0 Å². The highest BCUT2D eigenvalue weighted by Gasteiger charge is 2.31. The number of fused-ring (bicyclic) bond motifs is 1. The molecular formula is C15H16N2. The molecule has 1 heterocycles. The first-order chi connectivity index (χ1) is 8.29. The van der Waals surface area contributed by atoms with Crippen LogP contribution in [-0.2, 0) is 0 Å². The zero-order valence-electron chi connectivity index (χ0n) is 10.2. The Morgan fingerprint density at radius 2 is 1.18 bits per heavy atom. The summed E-state index contributed by atoms with van der Waals surface area (Å²) >= 11 is 0. The van der Waals surface area contributed by atoms with E-state index in [9.17, 15) is 0 Å². The second-order valence-electron chi connectivity index (χ2n) is 4.49. The second kappa shape index (κ2) is 3.81. The van der Waals surface area contributed by atoms with Gasteiger partial charge in [-0.2, -0.15) is 0 Å². The van der Waals surface area contributed by atoms with E-state index in [1.165, 1.54) is 16.9 Å². The number of para-hydroxylation sites is 2. The highest BCUT2D eigenvalue weighted by atomic mass is 15.4. The predicted octanol–water partition coefficient (Wildman–Crippen LogP) is 3.27. The summed E-state index contributed by atoms with van der Waals surface area (Å²) in [6.07, 6.45) is 0.300. The maximum Gasteiger partial charge on any atom is 0.128 e. The van der Waals surface area contributed by atoms with Crippen LogP contribution in [0.3, 0.4) is 0 Å². The zero-order valence-corrected chi connectivity index (χ0v) is 10.2. The number of nitrogens with zero attached hydrogens (tertiary/aromatic N) is 2. The zero-order chi connectivity index (χ0) is 11.8. The molecule has 2 aromatic carbocycles. The predicted molar refractivity (Wildman–Crippen MR) is 72.4 cm³/mol. The molecule has 0 aromatic heterocycles. The van der Waals surface area contributed by atoms with Crippen molar-refractivity contribution in [3.05, 3.63) is 60.2 Å². The lowest BCUT2D eigenvalue weighted by Gasteiger charge is -2.28. The Hall–Kier alpha value is -1.96. The molecule has 0 N–H and O–H groups in total. The average molecular weight is 224 g/mol.